The van der Waals surface area contributed by atoms with Crippen molar-refractivity contribution >= 4 is 5.82 Å². The van der Waals surface area contributed by atoms with Gasteiger partial charge in [0, 0.05) is 31.4 Å². The van der Waals surface area contributed by atoms with Crippen LogP contribution < -0.4 is 10.2 Å². The van der Waals surface area contributed by atoms with Crippen LogP contribution in [0.4, 0.5) is 5.82 Å². The van der Waals surface area contributed by atoms with Crippen molar-refractivity contribution in [3.63, 3.8) is 0 Å². The summed E-state index contributed by atoms with van der Waals surface area (Å²) in [5, 5.41) is 3.20. The molecule has 21 heavy (non-hydrogen) atoms. The predicted octanol–water partition coefficient (Wildman–Crippen LogP) is 2.17. The maximum atomic E-state index is 4.82. The zero-order chi connectivity index (χ0) is 14.7. The van der Waals surface area contributed by atoms with Gasteiger partial charge in [-0.1, -0.05) is 12.5 Å². The fraction of sp³-hybridized carbons (Fsp3) is 0.706. The van der Waals surface area contributed by atoms with E-state index < -0.39 is 0 Å². The van der Waals surface area contributed by atoms with Gasteiger partial charge in [-0.2, -0.15) is 0 Å². The molecule has 0 bridgehead atoms. The second-order valence-corrected chi connectivity index (χ2v) is 6.43. The quantitative estimate of drug-likeness (QED) is 0.920. The van der Waals surface area contributed by atoms with E-state index in [9.17, 15) is 0 Å². The number of piperidine rings is 1. The second kappa shape index (κ2) is 6.75. The summed E-state index contributed by atoms with van der Waals surface area (Å²) in [6.45, 7) is 7.92. The number of aryl methyl sites for hydroxylation is 1. The molecule has 3 rings (SSSR count). The summed E-state index contributed by atoms with van der Waals surface area (Å²) in [7, 11) is 1.98. The van der Waals surface area contributed by atoms with Crippen LogP contribution in [0.15, 0.2) is 12.1 Å². The van der Waals surface area contributed by atoms with Crippen molar-refractivity contribution in [2.24, 2.45) is 0 Å². The van der Waals surface area contributed by atoms with Gasteiger partial charge in [-0.05, 0) is 58.0 Å². The van der Waals surface area contributed by atoms with Crippen LogP contribution in [0.25, 0.3) is 0 Å². The van der Waals surface area contributed by atoms with Crippen LogP contribution in [-0.2, 0) is 6.54 Å². The van der Waals surface area contributed by atoms with E-state index in [1.807, 2.05) is 7.05 Å². The molecule has 3 heterocycles. The first-order valence-corrected chi connectivity index (χ1v) is 8.38. The van der Waals surface area contributed by atoms with E-state index in [1.54, 1.807) is 0 Å². The maximum Gasteiger partial charge on any atom is 0.128 e. The first kappa shape index (κ1) is 14.8. The zero-order valence-electron chi connectivity index (χ0n) is 13.4. The molecule has 0 aromatic carbocycles. The Morgan fingerprint density at radius 3 is 2.71 bits per heavy atom. The van der Waals surface area contributed by atoms with Gasteiger partial charge >= 0.3 is 0 Å². The number of hydrogen-bond acceptors (Lipinski definition) is 4. The number of aromatic nitrogens is 1. The molecule has 1 aromatic heterocycles. The van der Waals surface area contributed by atoms with Crippen molar-refractivity contribution in [3.8, 4) is 0 Å². The topological polar surface area (TPSA) is 31.4 Å². The molecule has 1 aromatic rings. The smallest absolute Gasteiger partial charge is 0.128 e. The molecule has 116 valence electrons. The number of nitrogens with one attached hydrogen (secondary N) is 1. The monoisotopic (exact) mass is 288 g/mol. The van der Waals surface area contributed by atoms with Gasteiger partial charge < -0.3 is 10.2 Å². The lowest BCUT2D eigenvalue weighted by Gasteiger charge is -2.32. The molecule has 4 nitrogen and oxygen atoms in total. The van der Waals surface area contributed by atoms with E-state index in [0.717, 1.165) is 37.2 Å². The van der Waals surface area contributed by atoms with Gasteiger partial charge in [0.05, 0.1) is 0 Å². The predicted molar refractivity (Wildman–Crippen MR) is 87.8 cm³/mol. The van der Waals surface area contributed by atoms with Gasteiger partial charge in [0.25, 0.3) is 0 Å². The molecule has 0 saturated carbocycles. The lowest BCUT2D eigenvalue weighted by molar-refractivity contribution is 0.175. The van der Waals surface area contributed by atoms with E-state index in [0.29, 0.717) is 0 Å². The molecule has 2 saturated heterocycles. The number of nitrogens with zero attached hydrogens (tertiary/aromatic N) is 3. The van der Waals surface area contributed by atoms with E-state index in [4.69, 9.17) is 4.98 Å². The summed E-state index contributed by atoms with van der Waals surface area (Å²) in [6, 6.07) is 5.16. The van der Waals surface area contributed by atoms with Gasteiger partial charge in [0.2, 0.25) is 0 Å². The third kappa shape index (κ3) is 3.38. The summed E-state index contributed by atoms with van der Waals surface area (Å²) >= 11 is 0. The number of rotatable bonds is 4. The van der Waals surface area contributed by atoms with Crippen molar-refractivity contribution in [1.82, 2.24) is 15.2 Å². The van der Waals surface area contributed by atoms with Crippen LogP contribution in [-0.4, -0.2) is 49.2 Å². The molecule has 2 fully saturated rings. The van der Waals surface area contributed by atoms with Crippen molar-refractivity contribution in [1.29, 1.82) is 0 Å². The standard InChI is InChI=1S/C17H28N4/c1-14-15(12-18-2)6-7-17(19-14)21-11-8-16(13-21)20-9-4-3-5-10-20/h6-7,16,18H,3-5,8-13H2,1-2H3. The highest BCUT2D eigenvalue weighted by atomic mass is 15.3. The Hall–Kier alpha value is -1.13. The molecule has 0 aliphatic carbocycles. The molecule has 2 aliphatic heterocycles. The van der Waals surface area contributed by atoms with Gasteiger partial charge in [-0.25, -0.2) is 4.98 Å². The molecular formula is C17H28N4. The Kier molecular flexibility index (Phi) is 4.76. The number of anilines is 1. The summed E-state index contributed by atoms with van der Waals surface area (Å²) in [6.07, 6.45) is 5.47. The lowest BCUT2D eigenvalue weighted by atomic mass is 10.1. The molecule has 1 atom stereocenters. The van der Waals surface area contributed by atoms with E-state index >= 15 is 0 Å². The van der Waals surface area contributed by atoms with Crippen LogP contribution in [0.2, 0.25) is 0 Å². The fourth-order valence-electron chi connectivity index (χ4n) is 3.66. The third-order valence-electron chi connectivity index (χ3n) is 4.94. The van der Waals surface area contributed by atoms with Crippen LogP contribution in [0.1, 0.15) is 36.9 Å². The largest absolute Gasteiger partial charge is 0.355 e. The Bertz CT molecular complexity index is 468. The van der Waals surface area contributed by atoms with E-state index in [1.165, 1.54) is 44.3 Å². The highest BCUT2D eigenvalue weighted by Crippen LogP contribution is 2.24. The minimum absolute atomic E-state index is 0.740. The van der Waals surface area contributed by atoms with E-state index in [-0.39, 0.29) is 0 Å². The minimum atomic E-state index is 0.740. The number of pyridine rings is 1. The second-order valence-electron chi connectivity index (χ2n) is 6.43. The normalized spacial score (nSPS) is 23.7. The van der Waals surface area contributed by atoms with Crippen LogP contribution in [0.3, 0.4) is 0 Å². The molecule has 1 N–H and O–H groups in total. The highest BCUT2D eigenvalue weighted by Gasteiger charge is 2.29. The summed E-state index contributed by atoms with van der Waals surface area (Å²) in [5.74, 6) is 1.16. The molecular weight excluding hydrogens is 260 g/mol. The van der Waals surface area contributed by atoms with Gasteiger partial charge in [-0.3, -0.25) is 4.90 Å². The first-order chi connectivity index (χ1) is 10.3. The van der Waals surface area contributed by atoms with Gasteiger partial charge in [-0.15, -0.1) is 0 Å². The molecule has 4 heteroatoms. The summed E-state index contributed by atoms with van der Waals surface area (Å²) in [5.41, 5.74) is 2.45. The average molecular weight is 288 g/mol. The SMILES string of the molecule is CNCc1ccc(N2CCC(N3CCCCC3)C2)nc1C. The van der Waals surface area contributed by atoms with Crippen molar-refractivity contribution < 1.29 is 0 Å². The number of likely N-dealkylation sites (tertiary alicyclic amines) is 1. The average Bonchev–Trinajstić information content (AvgIpc) is 3.00. The van der Waals surface area contributed by atoms with Crippen molar-refractivity contribution in [2.45, 2.75) is 45.2 Å². The molecule has 1 unspecified atom stereocenters. The Labute approximate surface area is 128 Å². The molecule has 0 radical (unpaired) electrons. The van der Waals surface area contributed by atoms with Gasteiger partial charge in [0.15, 0.2) is 0 Å². The Balaban J connectivity index is 1.64. The van der Waals surface area contributed by atoms with Gasteiger partial charge in [0.1, 0.15) is 5.82 Å². The fourth-order valence-corrected chi connectivity index (χ4v) is 3.66. The summed E-state index contributed by atoms with van der Waals surface area (Å²) < 4.78 is 0. The molecule has 0 spiro atoms. The molecule has 2 aliphatic rings. The first-order valence-electron chi connectivity index (χ1n) is 8.38. The Morgan fingerprint density at radius 1 is 1.19 bits per heavy atom. The lowest BCUT2D eigenvalue weighted by Crippen LogP contribution is -2.41. The van der Waals surface area contributed by atoms with Crippen LogP contribution in [0.5, 0.6) is 0 Å². The minimum Gasteiger partial charge on any atom is -0.355 e. The van der Waals surface area contributed by atoms with Crippen molar-refractivity contribution in [3.05, 3.63) is 23.4 Å². The number of hydrogen-bond donors (Lipinski definition) is 1. The van der Waals surface area contributed by atoms with Crippen LogP contribution in [0, 0.1) is 6.92 Å². The maximum absolute atomic E-state index is 4.82. The van der Waals surface area contributed by atoms with E-state index in [2.05, 4.69) is 34.2 Å². The highest BCUT2D eigenvalue weighted by molar-refractivity contribution is 5.43. The third-order valence-corrected chi connectivity index (χ3v) is 4.94. The zero-order valence-corrected chi connectivity index (χ0v) is 13.4. The van der Waals surface area contributed by atoms with Crippen molar-refractivity contribution in [2.75, 3.05) is 38.1 Å². The van der Waals surface area contributed by atoms with Crippen LogP contribution >= 0.6 is 0 Å². The molecule has 0 amide bonds. The Morgan fingerprint density at radius 2 is 2.00 bits per heavy atom. The summed E-state index contributed by atoms with van der Waals surface area (Å²) in [4.78, 5) is 9.99.